The second kappa shape index (κ2) is 6.37. The maximum atomic E-state index is 10.0. The average molecular weight is 317 g/mol. The molecule has 3 nitrogen and oxygen atoms in total. The third-order valence-corrected chi connectivity index (χ3v) is 3.17. The van der Waals surface area contributed by atoms with Crippen molar-refractivity contribution in [3.05, 3.63) is 64.1 Å². The van der Waals surface area contributed by atoms with Crippen molar-refractivity contribution in [2.24, 2.45) is 0 Å². The zero-order valence-electron chi connectivity index (χ0n) is 10.2. The highest BCUT2D eigenvalue weighted by Gasteiger charge is 2.07. The molecule has 2 aromatic carbocycles. The van der Waals surface area contributed by atoms with Gasteiger partial charge in [-0.25, -0.2) is 0 Å². The molecule has 0 aliphatic carbocycles. The number of anilines is 1. The fourth-order valence-electron chi connectivity index (χ4n) is 1.76. The summed E-state index contributed by atoms with van der Waals surface area (Å²) in [5.74, 6) is 0. The van der Waals surface area contributed by atoms with Crippen molar-refractivity contribution in [3.63, 3.8) is 0 Å². The lowest BCUT2D eigenvalue weighted by atomic mass is 10.1. The summed E-state index contributed by atoms with van der Waals surface area (Å²) in [5, 5.41) is 22.1. The van der Waals surface area contributed by atoms with E-state index in [4.69, 9.17) is 5.26 Å². The number of aliphatic hydroxyl groups excluding tert-OH is 1. The monoisotopic (exact) mass is 316 g/mol. The van der Waals surface area contributed by atoms with Crippen molar-refractivity contribution in [2.45, 2.75) is 6.10 Å². The first-order valence-electron chi connectivity index (χ1n) is 5.86. The number of benzene rings is 2. The summed E-state index contributed by atoms with van der Waals surface area (Å²) in [6, 6.07) is 16.9. The van der Waals surface area contributed by atoms with Gasteiger partial charge in [0.1, 0.15) is 0 Å². The highest BCUT2D eigenvalue weighted by atomic mass is 79.9. The Morgan fingerprint density at radius 3 is 2.63 bits per heavy atom. The Morgan fingerprint density at radius 1 is 1.21 bits per heavy atom. The minimum Gasteiger partial charge on any atom is -0.387 e. The minimum atomic E-state index is -0.578. The van der Waals surface area contributed by atoms with E-state index >= 15 is 0 Å². The van der Waals surface area contributed by atoms with Gasteiger partial charge < -0.3 is 10.4 Å². The Labute approximate surface area is 120 Å². The topological polar surface area (TPSA) is 56.0 Å². The maximum Gasteiger partial charge on any atom is 0.0992 e. The number of nitriles is 1. The highest BCUT2D eigenvalue weighted by Crippen LogP contribution is 2.20. The molecule has 1 unspecified atom stereocenters. The smallest absolute Gasteiger partial charge is 0.0992 e. The van der Waals surface area contributed by atoms with Crippen molar-refractivity contribution in [3.8, 4) is 6.07 Å². The molecule has 96 valence electrons. The van der Waals surface area contributed by atoms with Crippen molar-refractivity contribution in [1.29, 1.82) is 5.26 Å². The van der Waals surface area contributed by atoms with Gasteiger partial charge in [-0.05, 0) is 23.8 Å². The Bertz CT molecular complexity index is 593. The molecule has 4 heteroatoms. The normalized spacial score (nSPS) is 11.6. The zero-order chi connectivity index (χ0) is 13.7. The molecule has 0 fully saturated rings. The standard InChI is InChI=1S/C15H13BrN2O/c16-13-6-11(9-17)7-14(8-13)18-10-15(19)12-4-2-1-3-5-12/h1-8,15,18-19H,10H2. The average Bonchev–Trinajstić information content (AvgIpc) is 2.45. The third-order valence-electron chi connectivity index (χ3n) is 2.71. The molecule has 0 radical (unpaired) electrons. The molecule has 0 spiro atoms. The van der Waals surface area contributed by atoms with E-state index in [9.17, 15) is 5.11 Å². The molecule has 0 saturated carbocycles. The summed E-state index contributed by atoms with van der Waals surface area (Å²) in [5.41, 5.74) is 2.25. The Kier molecular flexibility index (Phi) is 4.56. The van der Waals surface area contributed by atoms with Crippen LogP contribution in [0.1, 0.15) is 17.2 Å². The quantitative estimate of drug-likeness (QED) is 0.908. The summed E-state index contributed by atoms with van der Waals surface area (Å²) >= 11 is 3.35. The lowest BCUT2D eigenvalue weighted by Gasteiger charge is -2.13. The molecule has 0 saturated heterocycles. The van der Waals surface area contributed by atoms with Gasteiger partial charge in [0.15, 0.2) is 0 Å². The number of hydrogen-bond acceptors (Lipinski definition) is 3. The number of nitrogens with zero attached hydrogens (tertiary/aromatic N) is 1. The minimum absolute atomic E-state index is 0.394. The number of aliphatic hydroxyl groups is 1. The van der Waals surface area contributed by atoms with Gasteiger partial charge in [0.25, 0.3) is 0 Å². The van der Waals surface area contributed by atoms with Crippen LogP contribution in [-0.4, -0.2) is 11.7 Å². The molecule has 2 rings (SSSR count). The molecule has 1 atom stereocenters. The van der Waals surface area contributed by atoms with Gasteiger partial charge in [-0.3, -0.25) is 0 Å². The van der Waals surface area contributed by atoms with Crippen LogP contribution in [0.2, 0.25) is 0 Å². The van der Waals surface area contributed by atoms with E-state index in [1.54, 1.807) is 12.1 Å². The molecular weight excluding hydrogens is 304 g/mol. The van der Waals surface area contributed by atoms with Gasteiger partial charge in [-0.15, -0.1) is 0 Å². The fourth-order valence-corrected chi connectivity index (χ4v) is 2.26. The van der Waals surface area contributed by atoms with Gasteiger partial charge in [0.05, 0.1) is 17.7 Å². The number of halogens is 1. The highest BCUT2D eigenvalue weighted by molar-refractivity contribution is 9.10. The summed E-state index contributed by atoms with van der Waals surface area (Å²) in [6.45, 7) is 0.394. The van der Waals surface area contributed by atoms with Crippen LogP contribution in [0.15, 0.2) is 53.0 Å². The molecule has 19 heavy (non-hydrogen) atoms. The molecule has 0 heterocycles. The predicted octanol–water partition coefficient (Wildman–Crippen LogP) is 3.47. The Balaban J connectivity index is 2.03. The lowest BCUT2D eigenvalue weighted by Crippen LogP contribution is -2.12. The second-order valence-corrected chi connectivity index (χ2v) is 5.06. The maximum absolute atomic E-state index is 10.0. The molecule has 0 bridgehead atoms. The number of hydrogen-bond donors (Lipinski definition) is 2. The molecule has 0 aromatic heterocycles. The van der Waals surface area contributed by atoms with Gasteiger partial charge in [0, 0.05) is 16.7 Å². The van der Waals surface area contributed by atoms with Gasteiger partial charge >= 0.3 is 0 Å². The van der Waals surface area contributed by atoms with Gasteiger partial charge in [0.2, 0.25) is 0 Å². The fraction of sp³-hybridized carbons (Fsp3) is 0.133. The largest absolute Gasteiger partial charge is 0.387 e. The van der Waals surface area contributed by atoms with Gasteiger partial charge in [-0.1, -0.05) is 46.3 Å². The molecular formula is C15H13BrN2O. The Morgan fingerprint density at radius 2 is 1.95 bits per heavy atom. The first-order chi connectivity index (χ1) is 9.19. The van der Waals surface area contributed by atoms with Crippen LogP contribution in [0.3, 0.4) is 0 Å². The summed E-state index contributed by atoms with van der Waals surface area (Å²) in [4.78, 5) is 0. The van der Waals surface area contributed by atoms with E-state index in [1.165, 1.54) is 0 Å². The van der Waals surface area contributed by atoms with Crippen molar-refractivity contribution >= 4 is 21.6 Å². The number of rotatable bonds is 4. The summed E-state index contributed by atoms with van der Waals surface area (Å²) < 4.78 is 0.836. The van der Waals surface area contributed by atoms with E-state index in [0.717, 1.165) is 15.7 Å². The SMILES string of the molecule is N#Cc1cc(Br)cc(NCC(O)c2ccccc2)c1. The Hall–Kier alpha value is -1.83. The van der Waals surface area contributed by atoms with Crippen LogP contribution in [0.25, 0.3) is 0 Å². The molecule has 0 aliphatic rings. The second-order valence-electron chi connectivity index (χ2n) is 4.15. The van der Waals surface area contributed by atoms with Crippen LogP contribution in [0, 0.1) is 11.3 Å². The molecule has 2 N–H and O–H groups in total. The van der Waals surface area contributed by atoms with E-state index in [1.807, 2.05) is 36.4 Å². The van der Waals surface area contributed by atoms with Crippen LogP contribution in [0.4, 0.5) is 5.69 Å². The predicted molar refractivity (Wildman–Crippen MR) is 78.7 cm³/mol. The van der Waals surface area contributed by atoms with Crippen LogP contribution >= 0.6 is 15.9 Å². The van der Waals surface area contributed by atoms with E-state index in [0.29, 0.717) is 12.1 Å². The first kappa shape index (κ1) is 13.6. The van der Waals surface area contributed by atoms with Crippen molar-refractivity contribution in [1.82, 2.24) is 0 Å². The van der Waals surface area contributed by atoms with Gasteiger partial charge in [-0.2, -0.15) is 5.26 Å². The molecule has 0 amide bonds. The molecule has 0 aliphatic heterocycles. The van der Waals surface area contributed by atoms with E-state index < -0.39 is 6.10 Å². The zero-order valence-corrected chi connectivity index (χ0v) is 11.8. The van der Waals surface area contributed by atoms with E-state index in [2.05, 4.69) is 27.3 Å². The van der Waals surface area contributed by atoms with Crippen molar-refractivity contribution in [2.75, 3.05) is 11.9 Å². The van der Waals surface area contributed by atoms with E-state index in [-0.39, 0.29) is 0 Å². The first-order valence-corrected chi connectivity index (χ1v) is 6.66. The summed E-state index contributed by atoms with van der Waals surface area (Å²) in [7, 11) is 0. The van der Waals surface area contributed by atoms with Crippen LogP contribution < -0.4 is 5.32 Å². The summed E-state index contributed by atoms with van der Waals surface area (Å²) in [6.07, 6.45) is -0.578. The van der Waals surface area contributed by atoms with Crippen LogP contribution in [0.5, 0.6) is 0 Å². The third kappa shape index (κ3) is 3.82. The van der Waals surface area contributed by atoms with Crippen molar-refractivity contribution < 1.29 is 5.11 Å². The molecule has 2 aromatic rings. The number of nitrogens with one attached hydrogen (secondary N) is 1. The lowest BCUT2D eigenvalue weighted by molar-refractivity contribution is 0.191. The van der Waals surface area contributed by atoms with Crippen LogP contribution in [-0.2, 0) is 0 Å².